The summed E-state index contributed by atoms with van der Waals surface area (Å²) in [5.41, 5.74) is 4.64. The van der Waals surface area contributed by atoms with Crippen LogP contribution in [0.25, 0.3) is 0 Å². The molecule has 4 N–H and O–H groups in total. The molecule has 1 aliphatic rings. The Bertz CT molecular complexity index is 563. The van der Waals surface area contributed by atoms with Gasteiger partial charge in [-0.25, -0.2) is 9.18 Å². The van der Waals surface area contributed by atoms with Crippen molar-refractivity contribution in [3.05, 3.63) is 29.6 Å². The number of carboxylic acid groups (broad SMARTS) is 1. The molecule has 1 fully saturated rings. The lowest BCUT2D eigenvalue weighted by Gasteiger charge is -2.25. The van der Waals surface area contributed by atoms with Gasteiger partial charge in [0.25, 0.3) is 0 Å². The molecule has 1 aromatic rings. The summed E-state index contributed by atoms with van der Waals surface area (Å²) < 4.78 is 18.4. The molecule has 1 heterocycles. The molecular weight excluding hydrogens is 267 g/mol. The predicted molar refractivity (Wildman–Crippen MR) is 68.9 cm³/mol. The summed E-state index contributed by atoms with van der Waals surface area (Å²) in [7, 11) is 0. The average Bonchev–Trinajstić information content (AvgIpc) is 2.73. The first-order valence-electron chi connectivity index (χ1n) is 6.02. The number of anilines is 1. The van der Waals surface area contributed by atoms with E-state index in [4.69, 9.17) is 15.6 Å². The molecule has 2 rings (SSSR count). The van der Waals surface area contributed by atoms with Crippen LogP contribution in [0.2, 0.25) is 0 Å². The minimum absolute atomic E-state index is 0.187. The monoisotopic (exact) mass is 282 g/mol. The summed E-state index contributed by atoms with van der Waals surface area (Å²) in [5.74, 6) is -2.64. The number of carboxylic acids is 1. The van der Waals surface area contributed by atoms with Gasteiger partial charge in [0.1, 0.15) is 5.82 Å². The highest BCUT2D eigenvalue weighted by Crippen LogP contribution is 2.29. The van der Waals surface area contributed by atoms with Crippen molar-refractivity contribution in [3.8, 4) is 0 Å². The first-order chi connectivity index (χ1) is 9.34. The van der Waals surface area contributed by atoms with Crippen molar-refractivity contribution >= 4 is 17.6 Å². The SMILES string of the molecule is CC1(C(=O)Nc2ccc(F)c(C(=O)O)c2)COCC1N. The maximum absolute atomic E-state index is 13.3. The van der Waals surface area contributed by atoms with Gasteiger partial charge >= 0.3 is 5.97 Å². The van der Waals surface area contributed by atoms with Gasteiger partial charge in [-0.2, -0.15) is 0 Å². The number of rotatable bonds is 3. The minimum atomic E-state index is -1.40. The quantitative estimate of drug-likeness (QED) is 0.762. The van der Waals surface area contributed by atoms with Crippen molar-refractivity contribution in [3.63, 3.8) is 0 Å². The van der Waals surface area contributed by atoms with E-state index in [-0.39, 0.29) is 24.8 Å². The Kier molecular flexibility index (Phi) is 3.74. The number of carbonyl (C=O) groups excluding carboxylic acids is 1. The second-order valence-corrected chi connectivity index (χ2v) is 4.99. The van der Waals surface area contributed by atoms with Crippen LogP contribution in [0.4, 0.5) is 10.1 Å². The standard InChI is InChI=1S/C13H15FN2O4/c1-13(6-20-5-10(13)15)12(19)16-7-2-3-9(14)8(4-7)11(17)18/h2-4,10H,5-6,15H2,1H3,(H,16,19)(H,17,18). The van der Waals surface area contributed by atoms with E-state index in [1.807, 2.05) is 0 Å². The fourth-order valence-corrected chi connectivity index (χ4v) is 1.96. The van der Waals surface area contributed by atoms with E-state index >= 15 is 0 Å². The van der Waals surface area contributed by atoms with E-state index in [2.05, 4.69) is 5.32 Å². The van der Waals surface area contributed by atoms with Crippen molar-refractivity contribution < 1.29 is 23.8 Å². The number of benzene rings is 1. The largest absolute Gasteiger partial charge is 0.478 e. The second kappa shape index (κ2) is 5.18. The smallest absolute Gasteiger partial charge is 0.338 e. The van der Waals surface area contributed by atoms with Gasteiger partial charge in [-0.05, 0) is 25.1 Å². The summed E-state index contributed by atoms with van der Waals surface area (Å²) in [6.07, 6.45) is 0. The third-order valence-corrected chi connectivity index (χ3v) is 3.49. The van der Waals surface area contributed by atoms with Crippen LogP contribution < -0.4 is 11.1 Å². The molecule has 1 aromatic carbocycles. The molecule has 0 saturated carbocycles. The average molecular weight is 282 g/mol. The number of hydrogen-bond donors (Lipinski definition) is 3. The van der Waals surface area contributed by atoms with E-state index in [1.54, 1.807) is 6.92 Å². The first kappa shape index (κ1) is 14.4. The number of nitrogens with one attached hydrogen (secondary N) is 1. The molecule has 1 saturated heterocycles. The number of aromatic carboxylic acids is 1. The van der Waals surface area contributed by atoms with Crippen molar-refractivity contribution in [1.82, 2.24) is 0 Å². The molecule has 0 radical (unpaired) electrons. The number of ether oxygens (including phenoxy) is 1. The summed E-state index contributed by atoms with van der Waals surface area (Å²) >= 11 is 0. The van der Waals surface area contributed by atoms with Gasteiger partial charge in [-0.1, -0.05) is 0 Å². The summed E-state index contributed by atoms with van der Waals surface area (Å²) in [6, 6.07) is 2.92. The van der Waals surface area contributed by atoms with E-state index < -0.39 is 28.8 Å². The summed E-state index contributed by atoms with van der Waals surface area (Å²) in [5, 5.41) is 11.4. The highest BCUT2D eigenvalue weighted by Gasteiger charge is 2.44. The van der Waals surface area contributed by atoms with Crippen LogP contribution in [0.5, 0.6) is 0 Å². The predicted octanol–water partition coefficient (Wildman–Crippen LogP) is 0.826. The van der Waals surface area contributed by atoms with Gasteiger partial charge in [0.15, 0.2) is 0 Å². The van der Waals surface area contributed by atoms with Gasteiger partial charge in [-0.3, -0.25) is 4.79 Å². The van der Waals surface area contributed by atoms with E-state index in [0.29, 0.717) is 0 Å². The van der Waals surface area contributed by atoms with Crippen LogP contribution in [-0.2, 0) is 9.53 Å². The molecule has 20 heavy (non-hydrogen) atoms. The van der Waals surface area contributed by atoms with Crippen molar-refractivity contribution in [1.29, 1.82) is 0 Å². The number of amides is 1. The highest BCUT2D eigenvalue weighted by atomic mass is 19.1. The van der Waals surface area contributed by atoms with Gasteiger partial charge < -0.3 is 20.9 Å². The first-order valence-corrected chi connectivity index (χ1v) is 6.02. The lowest BCUT2D eigenvalue weighted by molar-refractivity contribution is -0.125. The number of halogens is 1. The Balaban J connectivity index is 2.20. The molecule has 2 unspecified atom stereocenters. The Morgan fingerprint density at radius 1 is 1.55 bits per heavy atom. The lowest BCUT2D eigenvalue weighted by atomic mass is 9.85. The van der Waals surface area contributed by atoms with Crippen molar-refractivity contribution in [2.45, 2.75) is 13.0 Å². The molecule has 2 atom stereocenters. The number of carbonyl (C=O) groups is 2. The molecule has 1 amide bonds. The van der Waals surface area contributed by atoms with Crippen LogP contribution in [0.1, 0.15) is 17.3 Å². The van der Waals surface area contributed by atoms with Crippen LogP contribution >= 0.6 is 0 Å². The van der Waals surface area contributed by atoms with Crippen molar-refractivity contribution in [2.24, 2.45) is 11.1 Å². The zero-order valence-corrected chi connectivity index (χ0v) is 10.9. The van der Waals surface area contributed by atoms with E-state index in [9.17, 15) is 14.0 Å². The molecule has 7 heteroatoms. The lowest BCUT2D eigenvalue weighted by Crippen LogP contribution is -2.47. The van der Waals surface area contributed by atoms with Crippen LogP contribution in [0, 0.1) is 11.2 Å². The zero-order chi connectivity index (χ0) is 14.9. The van der Waals surface area contributed by atoms with E-state index in [1.165, 1.54) is 6.07 Å². The van der Waals surface area contributed by atoms with Gasteiger partial charge in [0, 0.05) is 11.7 Å². The maximum atomic E-state index is 13.3. The zero-order valence-electron chi connectivity index (χ0n) is 10.9. The summed E-state index contributed by atoms with van der Waals surface area (Å²) in [4.78, 5) is 23.0. The molecule has 1 aliphatic heterocycles. The summed E-state index contributed by atoms with van der Waals surface area (Å²) in [6.45, 7) is 2.14. The van der Waals surface area contributed by atoms with Gasteiger partial charge in [0.05, 0.1) is 24.2 Å². The molecular formula is C13H15FN2O4. The van der Waals surface area contributed by atoms with E-state index in [0.717, 1.165) is 12.1 Å². The van der Waals surface area contributed by atoms with Gasteiger partial charge in [-0.15, -0.1) is 0 Å². The molecule has 0 aromatic heterocycles. The fourth-order valence-electron chi connectivity index (χ4n) is 1.96. The minimum Gasteiger partial charge on any atom is -0.478 e. The Labute approximate surface area is 114 Å². The van der Waals surface area contributed by atoms with Crippen LogP contribution in [-0.4, -0.2) is 36.2 Å². The number of nitrogens with two attached hydrogens (primary N) is 1. The molecule has 108 valence electrons. The molecule has 0 aliphatic carbocycles. The topological polar surface area (TPSA) is 102 Å². The Hall–Kier alpha value is -1.99. The van der Waals surface area contributed by atoms with Crippen LogP contribution in [0.15, 0.2) is 18.2 Å². The Morgan fingerprint density at radius 3 is 2.80 bits per heavy atom. The Morgan fingerprint density at radius 2 is 2.25 bits per heavy atom. The highest BCUT2D eigenvalue weighted by molar-refractivity contribution is 5.97. The third-order valence-electron chi connectivity index (χ3n) is 3.49. The fraction of sp³-hybridized carbons (Fsp3) is 0.385. The van der Waals surface area contributed by atoms with Crippen molar-refractivity contribution in [2.75, 3.05) is 18.5 Å². The van der Waals surface area contributed by atoms with Crippen LogP contribution in [0.3, 0.4) is 0 Å². The number of hydrogen-bond acceptors (Lipinski definition) is 4. The normalized spacial score (nSPS) is 25.4. The molecule has 0 spiro atoms. The second-order valence-electron chi connectivity index (χ2n) is 4.99. The third kappa shape index (κ3) is 2.50. The maximum Gasteiger partial charge on any atom is 0.338 e. The molecule has 6 nitrogen and oxygen atoms in total. The molecule has 0 bridgehead atoms. The van der Waals surface area contributed by atoms with Gasteiger partial charge in [0.2, 0.25) is 5.91 Å².